The van der Waals surface area contributed by atoms with Gasteiger partial charge in [0, 0.05) is 23.9 Å². The molecule has 1 N–H and O–H groups in total. The number of carbonyl (C=O) groups excluding carboxylic acids is 1. The monoisotopic (exact) mass is 402 g/mol. The van der Waals surface area contributed by atoms with E-state index in [1.807, 2.05) is 31.2 Å². The van der Waals surface area contributed by atoms with Gasteiger partial charge >= 0.3 is 0 Å². The van der Waals surface area contributed by atoms with Crippen molar-refractivity contribution in [1.82, 2.24) is 14.6 Å². The van der Waals surface area contributed by atoms with E-state index < -0.39 is 0 Å². The van der Waals surface area contributed by atoms with Gasteiger partial charge in [-0.15, -0.1) is 11.8 Å². The summed E-state index contributed by atoms with van der Waals surface area (Å²) in [5.74, 6) is 0.747. The number of aryl methyl sites for hydroxylation is 2. The Bertz CT molecular complexity index is 997. The van der Waals surface area contributed by atoms with Crippen molar-refractivity contribution in [2.75, 3.05) is 11.1 Å². The van der Waals surface area contributed by atoms with Gasteiger partial charge in [-0.05, 0) is 31.0 Å². The topological polar surface area (TPSA) is 76.4 Å². The molecule has 0 atom stereocenters. The van der Waals surface area contributed by atoms with Crippen LogP contribution in [0.2, 0.25) is 0 Å². The van der Waals surface area contributed by atoms with E-state index in [0.29, 0.717) is 22.2 Å². The van der Waals surface area contributed by atoms with Gasteiger partial charge in [0.15, 0.2) is 0 Å². The highest BCUT2D eigenvalue weighted by Gasteiger charge is 2.10. The van der Waals surface area contributed by atoms with Crippen LogP contribution < -0.4 is 10.9 Å². The SMILES string of the molecule is CCCCc1nn2c(=O)cc(CSCC(=O)Nc3cccc(C)c3)nc2s1. The standard InChI is InChI=1S/C19H22N4O2S2/c1-3-4-8-17-22-23-18(25)10-15(21-19(23)27-17)11-26-12-16(24)20-14-7-5-6-13(2)9-14/h5-7,9-10H,3-4,8,11-12H2,1-2H3,(H,20,24). The highest BCUT2D eigenvalue weighted by atomic mass is 32.2. The first kappa shape index (κ1) is 19.6. The first-order valence-corrected chi connectivity index (χ1v) is 10.8. The molecule has 0 bridgehead atoms. The fourth-order valence-corrected chi connectivity index (χ4v) is 4.24. The van der Waals surface area contributed by atoms with Crippen LogP contribution in [-0.4, -0.2) is 26.3 Å². The van der Waals surface area contributed by atoms with Crippen molar-refractivity contribution < 1.29 is 4.79 Å². The second-order valence-corrected chi connectivity index (χ2v) is 8.32. The summed E-state index contributed by atoms with van der Waals surface area (Å²) in [5, 5.41) is 8.16. The molecule has 0 aliphatic heterocycles. The number of unbranched alkanes of at least 4 members (excludes halogenated alkanes) is 1. The van der Waals surface area contributed by atoms with E-state index in [2.05, 4.69) is 22.3 Å². The summed E-state index contributed by atoms with van der Waals surface area (Å²) in [6.07, 6.45) is 3.01. The maximum atomic E-state index is 12.2. The Kier molecular flexibility index (Phi) is 6.63. The van der Waals surface area contributed by atoms with E-state index >= 15 is 0 Å². The zero-order valence-corrected chi connectivity index (χ0v) is 17.0. The molecule has 27 heavy (non-hydrogen) atoms. The predicted molar refractivity (Wildman–Crippen MR) is 112 cm³/mol. The summed E-state index contributed by atoms with van der Waals surface area (Å²) in [5.41, 5.74) is 2.40. The Morgan fingerprint density at radius 1 is 1.33 bits per heavy atom. The molecule has 0 saturated carbocycles. The number of anilines is 1. The summed E-state index contributed by atoms with van der Waals surface area (Å²) < 4.78 is 1.37. The van der Waals surface area contributed by atoms with Crippen molar-refractivity contribution in [2.45, 2.75) is 38.9 Å². The van der Waals surface area contributed by atoms with Gasteiger partial charge in [0.05, 0.1) is 11.4 Å². The molecule has 1 amide bonds. The molecule has 6 nitrogen and oxygen atoms in total. The molecule has 0 unspecified atom stereocenters. The number of fused-ring (bicyclic) bond motifs is 1. The fraction of sp³-hybridized carbons (Fsp3) is 0.368. The lowest BCUT2D eigenvalue weighted by atomic mass is 10.2. The molecule has 3 aromatic rings. The quantitative estimate of drug-likeness (QED) is 0.622. The molecule has 2 aromatic heterocycles. The molecule has 142 valence electrons. The lowest BCUT2D eigenvalue weighted by Gasteiger charge is -2.05. The van der Waals surface area contributed by atoms with Crippen molar-refractivity contribution >= 4 is 39.7 Å². The van der Waals surface area contributed by atoms with Crippen LogP contribution in [0.3, 0.4) is 0 Å². The van der Waals surface area contributed by atoms with Gasteiger partial charge in [-0.25, -0.2) is 4.98 Å². The lowest BCUT2D eigenvalue weighted by Crippen LogP contribution is -2.16. The van der Waals surface area contributed by atoms with E-state index in [-0.39, 0.29) is 11.5 Å². The van der Waals surface area contributed by atoms with E-state index in [1.54, 1.807) is 0 Å². The Labute approximate surface area is 166 Å². The van der Waals surface area contributed by atoms with Gasteiger partial charge in [0.2, 0.25) is 10.9 Å². The summed E-state index contributed by atoms with van der Waals surface area (Å²) in [7, 11) is 0. The summed E-state index contributed by atoms with van der Waals surface area (Å²) in [6, 6.07) is 9.19. The van der Waals surface area contributed by atoms with Crippen LogP contribution in [0.1, 0.15) is 36.0 Å². The molecular weight excluding hydrogens is 380 g/mol. The third-order valence-electron chi connectivity index (χ3n) is 3.87. The third-order valence-corrected chi connectivity index (χ3v) is 5.80. The molecule has 0 fully saturated rings. The van der Waals surface area contributed by atoms with Crippen LogP contribution in [0.4, 0.5) is 5.69 Å². The van der Waals surface area contributed by atoms with Gasteiger partial charge in [0.25, 0.3) is 5.56 Å². The van der Waals surface area contributed by atoms with Crippen molar-refractivity contribution in [3.05, 3.63) is 57.0 Å². The second-order valence-electron chi connectivity index (χ2n) is 6.29. The molecule has 8 heteroatoms. The summed E-state index contributed by atoms with van der Waals surface area (Å²) >= 11 is 2.90. The summed E-state index contributed by atoms with van der Waals surface area (Å²) in [4.78, 5) is 29.4. The predicted octanol–water partition coefficient (Wildman–Crippen LogP) is 3.67. The Morgan fingerprint density at radius 3 is 2.96 bits per heavy atom. The summed E-state index contributed by atoms with van der Waals surface area (Å²) in [6.45, 7) is 4.11. The van der Waals surface area contributed by atoms with Gasteiger partial charge in [0.1, 0.15) is 5.01 Å². The van der Waals surface area contributed by atoms with Crippen LogP contribution in [0.25, 0.3) is 4.96 Å². The molecule has 0 spiro atoms. The van der Waals surface area contributed by atoms with Crippen LogP contribution in [-0.2, 0) is 17.0 Å². The highest BCUT2D eigenvalue weighted by molar-refractivity contribution is 7.99. The third kappa shape index (κ3) is 5.40. The molecule has 2 heterocycles. The van der Waals surface area contributed by atoms with Crippen LogP contribution >= 0.6 is 23.1 Å². The normalized spacial score (nSPS) is 11.0. The zero-order valence-electron chi connectivity index (χ0n) is 15.4. The lowest BCUT2D eigenvalue weighted by molar-refractivity contribution is -0.113. The van der Waals surface area contributed by atoms with Crippen molar-refractivity contribution in [3.8, 4) is 0 Å². The minimum atomic E-state index is -0.168. The van der Waals surface area contributed by atoms with Crippen molar-refractivity contribution in [1.29, 1.82) is 0 Å². The van der Waals surface area contributed by atoms with Crippen LogP contribution in [0, 0.1) is 6.92 Å². The number of nitrogens with zero attached hydrogens (tertiary/aromatic N) is 3. The number of hydrogen-bond donors (Lipinski definition) is 1. The maximum Gasteiger partial charge on any atom is 0.275 e. The van der Waals surface area contributed by atoms with E-state index in [4.69, 9.17) is 0 Å². The maximum absolute atomic E-state index is 12.2. The number of nitrogens with one attached hydrogen (secondary N) is 1. The molecule has 1 aromatic carbocycles. The van der Waals surface area contributed by atoms with Crippen molar-refractivity contribution in [2.24, 2.45) is 0 Å². The first-order valence-electron chi connectivity index (χ1n) is 8.88. The van der Waals surface area contributed by atoms with Gasteiger partial charge < -0.3 is 5.32 Å². The molecule has 0 aliphatic rings. The number of hydrogen-bond acceptors (Lipinski definition) is 6. The smallest absolute Gasteiger partial charge is 0.275 e. The Hall–Kier alpha value is -2.19. The van der Waals surface area contributed by atoms with Crippen molar-refractivity contribution in [3.63, 3.8) is 0 Å². The number of carbonyl (C=O) groups is 1. The van der Waals surface area contributed by atoms with Gasteiger partial charge in [-0.1, -0.05) is 36.8 Å². The van der Waals surface area contributed by atoms with Crippen LogP contribution in [0.5, 0.6) is 0 Å². The average Bonchev–Trinajstić information content (AvgIpc) is 3.03. The number of thioether (sulfide) groups is 1. The minimum Gasteiger partial charge on any atom is -0.325 e. The van der Waals surface area contributed by atoms with Gasteiger partial charge in [-0.3, -0.25) is 9.59 Å². The molecule has 0 saturated heterocycles. The highest BCUT2D eigenvalue weighted by Crippen LogP contribution is 2.16. The van der Waals surface area contributed by atoms with Gasteiger partial charge in [-0.2, -0.15) is 9.61 Å². The Morgan fingerprint density at radius 2 is 2.19 bits per heavy atom. The number of benzene rings is 1. The molecule has 0 radical (unpaired) electrons. The van der Waals surface area contributed by atoms with E-state index in [1.165, 1.54) is 33.7 Å². The number of rotatable bonds is 8. The minimum absolute atomic E-state index is 0.0666. The molecular formula is C19H22N4O2S2. The van der Waals surface area contributed by atoms with E-state index in [0.717, 1.165) is 35.5 Å². The second kappa shape index (κ2) is 9.14. The van der Waals surface area contributed by atoms with Crippen LogP contribution in [0.15, 0.2) is 35.1 Å². The Balaban J connectivity index is 1.58. The number of aromatic nitrogens is 3. The largest absolute Gasteiger partial charge is 0.325 e. The average molecular weight is 403 g/mol. The number of amides is 1. The first-order chi connectivity index (χ1) is 13.0. The zero-order chi connectivity index (χ0) is 19.2. The van der Waals surface area contributed by atoms with E-state index in [9.17, 15) is 9.59 Å². The molecule has 3 rings (SSSR count). The molecule has 0 aliphatic carbocycles. The fourth-order valence-electron chi connectivity index (χ4n) is 2.57.